The number of hydrogen-bond acceptors (Lipinski definition) is 4. The zero-order chi connectivity index (χ0) is 21.3. The predicted octanol–water partition coefficient (Wildman–Crippen LogP) is 4.04. The van der Waals surface area contributed by atoms with E-state index in [1.54, 1.807) is 24.3 Å². The van der Waals surface area contributed by atoms with Crippen LogP contribution in [0.1, 0.15) is 15.9 Å². The van der Waals surface area contributed by atoms with Crippen molar-refractivity contribution >= 4 is 32.5 Å². The van der Waals surface area contributed by atoms with Gasteiger partial charge < -0.3 is 9.88 Å². The summed E-state index contributed by atoms with van der Waals surface area (Å²) in [5.74, 6) is 0.462. The normalized spacial score (nSPS) is 11.5. The molecule has 0 fully saturated rings. The molecule has 0 aliphatic carbocycles. The van der Waals surface area contributed by atoms with E-state index in [4.69, 9.17) is 0 Å². The molecule has 7 heteroatoms. The number of sulfone groups is 1. The van der Waals surface area contributed by atoms with Crippen molar-refractivity contribution in [3.63, 3.8) is 0 Å². The van der Waals surface area contributed by atoms with Crippen LogP contribution in [0.25, 0.3) is 22.4 Å². The summed E-state index contributed by atoms with van der Waals surface area (Å²) in [5.41, 5.74) is 4.58. The minimum Gasteiger partial charge on any atom is -0.327 e. The second-order valence-electron chi connectivity index (χ2n) is 7.29. The number of benzene rings is 3. The number of hydrogen-bond donors (Lipinski definition) is 1. The highest BCUT2D eigenvalue weighted by atomic mass is 32.2. The van der Waals surface area contributed by atoms with Gasteiger partial charge in [-0.05, 0) is 54.1 Å². The third kappa shape index (κ3) is 4.26. The Labute approximate surface area is 175 Å². The Bertz CT molecular complexity index is 1340. The van der Waals surface area contributed by atoms with Gasteiger partial charge in [-0.2, -0.15) is 0 Å². The van der Waals surface area contributed by atoms with Crippen LogP contribution in [0.4, 0.5) is 5.69 Å². The number of nitrogens with one attached hydrogen (secondary N) is 1. The maximum atomic E-state index is 12.6. The van der Waals surface area contributed by atoms with E-state index in [2.05, 4.69) is 10.3 Å². The summed E-state index contributed by atoms with van der Waals surface area (Å²) in [6.07, 6.45) is 1.17. The molecule has 1 N–H and O–H groups in total. The van der Waals surface area contributed by atoms with Gasteiger partial charge in [0, 0.05) is 30.1 Å². The number of fused-ring (bicyclic) bond motifs is 1. The minimum atomic E-state index is -3.16. The van der Waals surface area contributed by atoms with E-state index in [-0.39, 0.29) is 11.7 Å². The molecule has 0 radical (unpaired) electrons. The molecule has 0 unspecified atom stereocenters. The van der Waals surface area contributed by atoms with E-state index < -0.39 is 9.84 Å². The molecular formula is C23H21N3O3S. The molecule has 0 saturated carbocycles. The van der Waals surface area contributed by atoms with Gasteiger partial charge in [0.2, 0.25) is 0 Å². The van der Waals surface area contributed by atoms with Gasteiger partial charge in [0.15, 0.2) is 9.84 Å². The fourth-order valence-electron chi connectivity index (χ4n) is 3.41. The molecule has 0 saturated heterocycles. The second-order valence-corrected chi connectivity index (χ2v) is 9.43. The molecule has 0 bridgehead atoms. The summed E-state index contributed by atoms with van der Waals surface area (Å²) >= 11 is 0. The van der Waals surface area contributed by atoms with E-state index in [1.165, 1.54) is 6.26 Å². The van der Waals surface area contributed by atoms with Crippen LogP contribution in [0, 0.1) is 0 Å². The van der Waals surface area contributed by atoms with Crippen molar-refractivity contribution in [1.82, 2.24) is 9.55 Å². The predicted molar refractivity (Wildman–Crippen MR) is 119 cm³/mol. The lowest BCUT2D eigenvalue weighted by atomic mass is 10.1. The first-order valence-corrected chi connectivity index (χ1v) is 11.5. The highest BCUT2D eigenvalue weighted by Crippen LogP contribution is 2.25. The van der Waals surface area contributed by atoms with Crippen LogP contribution >= 0.6 is 0 Å². The molecule has 6 nitrogen and oxygen atoms in total. The van der Waals surface area contributed by atoms with E-state index in [9.17, 15) is 13.2 Å². The average molecular weight is 420 g/mol. The van der Waals surface area contributed by atoms with Crippen molar-refractivity contribution < 1.29 is 13.2 Å². The Hall–Kier alpha value is -3.45. The monoisotopic (exact) mass is 419 g/mol. The fraction of sp³-hybridized carbons (Fsp3) is 0.130. The molecule has 0 aliphatic rings. The van der Waals surface area contributed by atoms with Crippen LogP contribution < -0.4 is 5.32 Å². The van der Waals surface area contributed by atoms with Gasteiger partial charge in [-0.3, -0.25) is 4.79 Å². The number of nitrogens with zero attached hydrogens (tertiary/aromatic N) is 2. The van der Waals surface area contributed by atoms with Gasteiger partial charge in [-0.25, -0.2) is 13.4 Å². The highest BCUT2D eigenvalue weighted by molar-refractivity contribution is 7.89. The molecule has 30 heavy (non-hydrogen) atoms. The van der Waals surface area contributed by atoms with Crippen LogP contribution in [0.5, 0.6) is 0 Å². The smallest absolute Gasteiger partial charge is 0.255 e. The van der Waals surface area contributed by atoms with Gasteiger partial charge in [0.05, 0.1) is 16.8 Å². The average Bonchev–Trinajstić information content (AvgIpc) is 3.04. The van der Waals surface area contributed by atoms with Gasteiger partial charge in [-0.15, -0.1) is 0 Å². The number of para-hydroxylation sites is 2. The number of carbonyl (C=O) groups excluding carboxylic acids is 1. The van der Waals surface area contributed by atoms with Crippen molar-refractivity contribution in [2.45, 2.75) is 5.75 Å². The summed E-state index contributed by atoms with van der Waals surface area (Å²) < 4.78 is 25.0. The third-order valence-electron chi connectivity index (χ3n) is 4.81. The lowest BCUT2D eigenvalue weighted by Crippen LogP contribution is -2.12. The van der Waals surface area contributed by atoms with Crippen LogP contribution in [0.15, 0.2) is 72.8 Å². The number of anilines is 1. The van der Waals surface area contributed by atoms with Gasteiger partial charge >= 0.3 is 0 Å². The van der Waals surface area contributed by atoms with Crippen LogP contribution in [0.3, 0.4) is 0 Å². The molecule has 1 heterocycles. The van der Waals surface area contributed by atoms with E-state index in [1.807, 2.05) is 60.1 Å². The molecule has 1 amide bonds. The lowest BCUT2D eigenvalue weighted by molar-refractivity contribution is 0.102. The van der Waals surface area contributed by atoms with E-state index >= 15 is 0 Å². The van der Waals surface area contributed by atoms with Crippen LogP contribution in [0.2, 0.25) is 0 Å². The zero-order valence-corrected chi connectivity index (χ0v) is 17.5. The number of amides is 1. The largest absolute Gasteiger partial charge is 0.327 e. The topological polar surface area (TPSA) is 81.1 Å². The number of carbonyl (C=O) groups is 1. The van der Waals surface area contributed by atoms with Crippen molar-refractivity contribution in [3.05, 3.63) is 83.9 Å². The number of imidazole rings is 1. The molecular weight excluding hydrogens is 398 g/mol. The lowest BCUT2D eigenvalue weighted by Gasteiger charge is -2.08. The quantitative estimate of drug-likeness (QED) is 0.529. The molecule has 0 aliphatic heterocycles. The van der Waals surface area contributed by atoms with Crippen LogP contribution in [-0.2, 0) is 22.6 Å². The fourth-order valence-corrected chi connectivity index (χ4v) is 4.20. The van der Waals surface area contributed by atoms with Gasteiger partial charge in [-0.1, -0.05) is 24.3 Å². The Kier molecular flexibility index (Phi) is 5.13. The Morgan fingerprint density at radius 3 is 2.43 bits per heavy atom. The number of aryl methyl sites for hydroxylation is 1. The van der Waals surface area contributed by atoms with Crippen molar-refractivity contribution in [2.75, 3.05) is 11.6 Å². The van der Waals surface area contributed by atoms with E-state index in [0.29, 0.717) is 16.8 Å². The summed E-state index contributed by atoms with van der Waals surface area (Å²) in [6.45, 7) is 0. The maximum Gasteiger partial charge on any atom is 0.255 e. The van der Waals surface area contributed by atoms with Crippen LogP contribution in [-0.4, -0.2) is 30.1 Å². The van der Waals surface area contributed by atoms with Crippen molar-refractivity contribution in [3.8, 4) is 11.4 Å². The van der Waals surface area contributed by atoms with Crippen molar-refractivity contribution in [2.24, 2.45) is 7.05 Å². The first-order chi connectivity index (χ1) is 14.3. The molecule has 152 valence electrons. The molecule has 4 aromatic rings. The summed E-state index contributed by atoms with van der Waals surface area (Å²) in [4.78, 5) is 17.3. The summed E-state index contributed by atoms with van der Waals surface area (Å²) in [5, 5.41) is 2.85. The molecule has 0 atom stereocenters. The minimum absolute atomic E-state index is 0.0964. The Balaban J connectivity index is 1.53. The maximum absolute atomic E-state index is 12.6. The summed E-state index contributed by atoms with van der Waals surface area (Å²) in [7, 11) is -1.19. The van der Waals surface area contributed by atoms with Gasteiger partial charge in [0.1, 0.15) is 5.82 Å². The number of rotatable bonds is 5. The zero-order valence-electron chi connectivity index (χ0n) is 16.7. The molecule has 4 rings (SSSR count). The number of aromatic nitrogens is 2. The SMILES string of the molecule is Cn1c(-c2ccc(NC(=O)c3cccc(CS(C)(=O)=O)c3)cc2)nc2ccccc21. The van der Waals surface area contributed by atoms with Gasteiger partial charge in [0.25, 0.3) is 5.91 Å². The molecule has 3 aromatic carbocycles. The van der Waals surface area contributed by atoms with Crippen molar-refractivity contribution in [1.29, 1.82) is 0 Å². The Morgan fingerprint density at radius 1 is 1.00 bits per heavy atom. The molecule has 0 spiro atoms. The summed E-state index contributed by atoms with van der Waals surface area (Å²) in [6, 6.07) is 22.1. The first kappa shape index (κ1) is 19.8. The molecule has 1 aromatic heterocycles. The highest BCUT2D eigenvalue weighted by Gasteiger charge is 2.12. The third-order valence-corrected chi connectivity index (χ3v) is 5.66. The first-order valence-electron chi connectivity index (χ1n) is 9.40. The standard InChI is InChI=1S/C23H21N3O3S/c1-26-21-9-4-3-8-20(21)25-22(26)17-10-12-19(13-11-17)24-23(27)18-7-5-6-16(14-18)15-30(2,28)29/h3-14H,15H2,1-2H3,(H,24,27). The Morgan fingerprint density at radius 2 is 1.73 bits per heavy atom. The van der Waals surface area contributed by atoms with E-state index in [0.717, 1.165) is 22.4 Å². The second kappa shape index (κ2) is 7.76.